The van der Waals surface area contributed by atoms with Crippen LogP contribution in [0.5, 0.6) is 11.5 Å². The van der Waals surface area contributed by atoms with E-state index in [2.05, 4.69) is 14.7 Å². The van der Waals surface area contributed by atoms with Crippen LogP contribution in [0.15, 0.2) is 48.9 Å². The number of hydrogen-bond acceptors (Lipinski definition) is 6. The highest BCUT2D eigenvalue weighted by Crippen LogP contribution is 2.52. The quantitative estimate of drug-likeness (QED) is 0.312. The van der Waals surface area contributed by atoms with Crippen LogP contribution in [0.1, 0.15) is 39.8 Å². The Morgan fingerprint density at radius 1 is 1.00 bits per heavy atom. The molecule has 5 nitrogen and oxygen atoms in total. The SMILES string of the molecule is OC(c1ncc([C@@H](Cc2cccnc2)c2ccc(OC(F)F)c(OC3CC3)c2)s1)(C(F)(F)F)C(F)(F)F. The summed E-state index contributed by atoms with van der Waals surface area (Å²) in [5.74, 6) is -1.19. The van der Waals surface area contributed by atoms with Gasteiger partial charge in [-0.05, 0) is 48.6 Å². The van der Waals surface area contributed by atoms with Crippen LogP contribution in [0, 0.1) is 0 Å². The monoisotopic (exact) mass is 554 g/mol. The summed E-state index contributed by atoms with van der Waals surface area (Å²) >= 11 is 0.0491. The van der Waals surface area contributed by atoms with Crippen molar-refractivity contribution in [1.82, 2.24) is 9.97 Å². The zero-order valence-electron chi connectivity index (χ0n) is 18.6. The molecular weight excluding hydrogens is 536 g/mol. The smallest absolute Gasteiger partial charge is 0.433 e. The maximum absolute atomic E-state index is 13.4. The number of alkyl halides is 8. The van der Waals surface area contributed by atoms with Gasteiger partial charge in [0.1, 0.15) is 5.01 Å². The van der Waals surface area contributed by atoms with Crippen LogP contribution in [-0.2, 0) is 12.0 Å². The van der Waals surface area contributed by atoms with E-state index in [0.29, 0.717) is 24.0 Å². The van der Waals surface area contributed by atoms with Gasteiger partial charge in [-0.15, -0.1) is 11.3 Å². The van der Waals surface area contributed by atoms with Gasteiger partial charge in [-0.2, -0.15) is 35.1 Å². The predicted molar refractivity (Wildman–Crippen MR) is 115 cm³/mol. The maximum Gasteiger partial charge on any atom is 0.433 e. The highest BCUT2D eigenvalue weighted by atomic mass is 32.1. The van der Waals surface area contributed by atoms with Gasteiger partial charge < -0.3 is 14.6 Å². The summed E-state index contributed by atoms with van der Waals surface area (Å²) < 4.78 is 116. The lowest BCUT2D eigenvalue weighted by Crippen LogP contribution is -2.53. The minimum Gasteiger partial charge on any atom is -0.487 e. The van der Waals surface area contributed by atoms with E-state index in [1.54, 1.807) is 12.1 Å². The first-order valence-corrected chi connectivity index (χ1v) is 11.6. The standard InChI is InChI=1S/C23H18F8N2O3S/c24-20(25)36-16-6-3-13(9-17(16)35-14-4-5-14)15(8-12-2-1-7-32-10-12)18-11-33-19(37-18)21(34,22(26,27)28)23(29,30)31/h1-3,6-7,9-11,14-15,20,34H,4-5,8H2/t15-/m0/s1. The van der Waals surface area contributed by atoms with Gasteiger partial charge in [-0.3, -0.25) is 4.98 Å². The second kappa shape index (κ2) is 10.0. The molecule has 3 aromatic rings. The molecule has 0 radical (unpaired) electrons. The summed E-state index contributed by atoms with van der Waals surface area (Å²) in [7, 11) is 0. The zero-order valence-corrected chi connectivity index (χ0v) is 19.4. The van der Waals surface area contributed by atoms with Crippen molar-refractivity contribution in [1.29, 1.82) is 0 Å². The minimum atomic E-state index is -6.08. The molecule has 1 fully saturated rings. The van der Waals surface area contributed by atoms with Gasteiger partial charge in [0, 0.05) is 29.4 Å². The molecule has 1 saturated carbocycles. The van der Waals surface area contributed by atoms with Crippen LogP contribution < -0.4 is 9.47 Å². The summed E-state index contributed by atoms with van der Waals surface area (Å²) in [5.41, 5.74) is -4.25. The third kappa shape index (κ3) is 5.79. The number of benzene rings is 1. The first kappa shape index (κ1) is 27.0. The molecule has 1 aliphatic rings. The molecule has 0 aliphatic heterocycles. The molecule has 2 heterocycles. The van der Waals surface area contributed by atoms with Crippen molar-refractivity contribution in [3.63, 3.8) is 0 Å². The molecule has 0 bridgehead atoms. The highest BCUT2D eigenvalue weighted by molar-refractivity contribution is 7.11. The van der Waals surface area contributed by atoms with E-state index in [-0.39, 0.29) is 40.2 Å². The van der Waals surface area contributed by atoms with Crippen LogP contribution in [-0.4, -0.2) is 40.1 Å². The summed E-state index contributed by atoms with van der Waals surface area (Å²) in [4.78, 5) is 7.24. The number of halogens is 8. The molecule has 4 rings (SSSR count). The second-order valence-electron chi connectivity index (χ2n) is 8.29. The van der Waals surface area contributed by atoms with Gasteiger partial charge in [0.05, 0.1) is 6.10 Å². The van der Waals surface area contributed by atoms with E-state index in [1.807, 2.05) is 0 Å². The lowest BCUT2D eigenvalue weighted by Gasteiger charge is -2.30. The maximum atomic E-state index is 13.4. The summed E-state index contributed by atoms with van der Waals surface area (Å²) in [5, 5.41) is 8.17. The van der Waals surface area contributed by atoms with E-state index >= 15 is 0 Å². The van der Waals surface area contributed by atoms with Crippen molar-refractivity contribution in [3.05, 3.63) is 69.9 Å². The molecule has 0 spiro atoms. The molecule has 1 N–H and O–H groups in total. The molecule has 0 amide bonds. The van der Waals surface area contributed by atoms with Crippen molar-refractivity contribution in [2.75, 3.05) is 0 Å². The van der Waals surface area contributed by atoms with Crippen LogP contribution in [0.4, 0.5) is 35.1 Å². The molecule has 200 valence electrons. The van der Waals surface area contributed by atoms with Gasteiger partial charge in [0.25, 0.3) is 0 Å². The van der Waals surface area contributed by atoms with Crippen LogP contribution in [0.2, 0.25) is 0 Å². The molecule has 37 heavy (non-hydrogen) atoms. The number of pyridine rings is 1. The Bertz CT molecular complexity index is 1200. The summed E-state index contributed by atoms with van der Waals surface area (Å²) in [6, 6.07) is 7.16. The second-order valence-corrected chi connectivity index (χ2v) is 9.36. The van der Waals surface area contributed by atoms with Crippen molar-refractivity contribution in [2.24, 2.45) is 0 Å². The molecule has 2 aromatic heterocycles. The number of aromatic nitrogens is 2. The molecule has 0 unspecified atom stereocenters. The van der Waals surface area contributed by atoms with Gasteiger partial charge in [0.2, 0.25) is 0 Å². The topological polar surface area (TPSA) is 64.5 Å². The first-order valence-electron chi connectivity index (χ1n) is 10.8. The van der Waals surface area contributed by atoms with Gasteiger partial charge in [-0.1, -0.05) is 12.1 Å². The average molecular weight is 554 g/mol. The fourth-order valence-corrected chi connectivity index (χ4v) is 4.72. The third-order valence-corrected chi connectivity index (χ3v) is 6.78. The van der Waals surface area contributed by atoms with Gasteiger partial charge >= 0.3 is 24.6 Å². The predicted octanol–water partition coefficient (Wildman–Crippen LogP) is 6.37. The van der Waals surface area contributed by atoms with E-state index in [0.717, 1.165) is 6.20 Å². The number of thiazole rings is 1. The van der Waals surface area contributed by atoms with E-state index < -0.39 is 35.5 Å². The van der Waals surface area contributed by atoms with Crippen molar-refractivity contribution < 1.29 is 49.7 Å². The lowest BCUT2D eigenvalue weighted by atomic mass is 9.91. The summed E-state index contributed by atoms with van der Waals surface area (Å²) in [6.45, 7) is -3.15. The fraction of sp³-hybridized carbons (Fsp3) is 0.391. The van der Waals surface area contributed by atoms with Crippen LogP contribution in [0.3, 0.4) is 0 Å². The molecular formula is C23H18F8N2O3S. The van der Waals surface area contributed by atoms with E-state index in [9.17, 15) is 40.2 Å². The highest BCUT2D eigenvalue weighted by Gasteiger charge is 2.73. The van der Waals surface area contributed by atoms with E-state index in [4.69, 9.17) is 4.74 Å². The Morgan fingerprint density at radius 2 is 1.70 bits per heavy atom. The minimum absolute atomic E-state index is 0.0364. The molecule has 1 aliphatic carbocycles. The van der Waals surface area contributed by atoms with Gasteiger partial charge in [0.15, 0.2) is 11.5 Å². The number of rotatable bonds is 9. The van der Waals surface area contributed by atoms with Gasteiger partial charge in [-0.25, -0.2) is 4.98 Å². The average Bonchev–Trinajstić information content (AvgIpc) is 3.49. The van der Waals surface area contributed by atoms with Crippen molar-refractivity contribution in [3.8, 4) is 11.5 Å². The van der Waals surface area contributed by atoms with Crippen molar-refractivity contribution >= 4 is 11.3 Å². The first-order chi connectivity index (χ1) is 17.3. The Hall–Kier alpha value is -3.00. The van der Waals surface area contributed by atoms with Crippen LogP contribution >= 0.6 is 11.3 Å². The number of ether oxygens (including phenoxy) is 2. The zero-order chi connectivity index (χ0) is 27.0. The Labute approximate surface area is 208 Å². The largest absolute Gasteiger partial charge is 0.487 e. The van der Waals surface area contributed by atoms with Crippen molar-refractivity contribution in [2.45, 2.75) is 55.8 Å². The summed E-state index contributed by atoms with van der Waals surface area (Å²) in [6.07, 6.45) is -7.20. The number of hydrogen-bond donors (Lipinski definition) is 1. The van der Waals surface area contributed by atoms with E-state index in [1.165, 1.54) is 30.6 Å². The Balaban J connectivity index is 1.79. The Morgan fingerprint density at radius 3 is 2.27 bits per heavy atom. The molecule has 14 heteroatoms. The third-order valence-electron chi connectivity index (χ3n) is 5.56. The fourth-order valence-electron chi connectivity index (χ4n) is 3.55. The molecule has 0 saturated heterocycles. The number of nitrogens with zero attached hydrogens (tertiary/aromatic N) is 2. The Kier molecular flexibility index (Phi) is 7.34. The molecule has 1 aromatic carbocycles. The van der Waals surface area contributed by atoms with Crippen LogP contribution in [0.25, 0.3) is 0 Å². The number of aliphatic hydroxyl groups is 1. The normalized spacial score (nSPS) is 15.6. The molecule has 1 atom stereocenters. The lowest BCUT2D eigenvalue weighted by molar-refractivity contribution is -0.376.